The van der Waals surface area contributed by atoms with E-state index < -0.39 is 29.4 Å². The number of halogens is 3. The highest BCUT2D eigenvalue weighted by molar-refractivity contribution is 6.34. The van der Waals surface area contributed by atoms with Crippen LogP contribution in [0.2, 0.25) is 5.02 Å². The predicted molar refractivity (Wildman–Crippen MR) is 104 cm³/mol. The maximum absolute atomic E-state index is 14.4. The van der Waals surface area contributed by atoms with Crippen LogP contribution < -0.4 is 10.6 Å². The van der Waals surface area contributed by atoms with E-state index in [-0.39, 0.29) is 33.3 Å². The fourth-order valence-corrected chi connectivity index (χ4v) is 2.72. The minimum absolute atomic E-state index is 0.0382. The van der Waals surface area contributed by atoms with E-state index >= 15 is 0 Å². The fraction of sp³-hybridized carbons (Fsp3) is 0.0526. The van der Waals surface area contributed by atoms with Gasteiger partial charge in [-0.15, -0.1) is 0 Å². The highest BCUT2D eigenvalue weighted by atomic mass is 35.5. The van der Waals surface area contributed by atoms with Gasteiger partial charge in [0, 0.05) is 5.69 Å². The van der Waals surface area contributed by atoms with Gasteiger partial charge in [-0.25, -0.2) is 18.6 Å². The molecular weight excluding hydrogens is 422 g/mol. The van der Waals surface area contributed by atoms with Crippen LogP contribution in [0.25, 0.3) is 0 Å². The normalized spacial score (nSPS) is 10.4. The first-order valence-electron chi connectivity index (χ1n) is 8.29. The Morgan fingerprint density at radius 1 is 1.07 bits per heavy atom. The number of amides is 2. The molecule has 3 rings (SSSR count). The number of carbonyl (C=O) groups is 3. The molecule has 2 aromatic carbocycles. The molecule has 30 heavy (non-hydrogen) atoms. The van der Waals surface area contributed by atoms with Crippen LogP contribution in [-0.4, -0.2) is 34.9 Å². The van der Waals surface area contributed by atoms with Gasteiger partial charge in [0.15, 0.2) is 11.4 Å². The molecule has 0 spiro atoms. The van der Waals surface area contributed by atoms with E-state index in [1.807, 2.05) is 0 Å². The van der Waals surface area contributed by atoms with Crippen molar-refractivity contribution >= 4 is 40.8 Å². The number of imidazole rings is 1. The number of benzene rings is 2. The van der Waals surface area contributed by atoms with Gasteiger partial charge in [0.1, 0.15) is 11.6 Å². The molecule has 0 aliphatic carbocycles. The van der Waals surface area contributed by atoms with Crippen molar-refractivity contribution in [1.29, 1.82) is 0 Å². The minimum Gasteiger partial charge on any atom is -0.464 e. The molecule has 0 saturated heterocycles. The third-order valence-electron chi connectivity index (χ3n) is 3.89. The van der Waals surface area contributed by atoms with Gasteiger partial charge >= 0.3 is 5.97 Å². The van der Waals surface area contributed by atoms with Crippen LogP contribution in [0.3, 0.4) is 0 Å². The van der Waals surface area contributed by atoms with E-state index in [0.717, 1.165) is 31.6 Å². The zero-order chi connectivity index (χ0) is 21.8. The van der Waals surface area contributed by atoms with Gasteiger partial charge in [0.05, 0.1) is 29.7 Å². The maximum atomic E-state index is 14.4. The third kappa shape index (κ3) is 4.44. The lowest BCUT2D eigenvalue weighted by Gasteiger charge is -2.10. The number of ether oxygens (including phenoxy) is 1. The summed E-state index contributed by atoms with van der Waals surface area (Å²) in [6.45, 7) is 0. The number of nitrogens with one attached hydrogen (secondary N) is 3. The second-order valence-corrected chi connectivity index (χ2v) is 6.25. The topological polar surface area (TPSA) is 113 Å². The summed E-state index contributed by atoms with van der Waals surface area (Å²) in [5, 5.41) is 4.57. The Morgan fingerprint density at radius 3 is 2.50 bits per heavy atom. The Bertz CT molecular complexity index is 1150. The highest BCUT2D eigenvalue weighted by Crippen LogP contribution is 2.23. The predicted octanol–water partition coefficient (Wildman–Crippen LogP) is 3.63. The number of esters is 1. The number of H-pyrrole nitrogens is 1. The molecule has 11 heteroatoms. The molecule has 0 radical (unpaired) electrons. The lowest BCUT2D eigenvalue weighted by molar-refractivity contribution is 0.0591. The Hall–Kier alpha value is -3.79. The second-order valence-electron chi connectivity index (χ2n) is 5.84. The zero-order valence-electron chi connectivity index (χ0n) is 15.3. The van der Waals surface area contributed by atoms with Crippen molar-refractivity contribution in [3.63, 3.8) is 0 Å². The molecule has 1 heterocycles. The van der Waals surface area contributed by atoms with E-state index in [4.69, 9.17) is 11.6 Å². The average molecular weight is 435 g/mol. The maximum Gasteiger partial charge on any atom is 0.356 e. The highest BCUT2D eigenvalue weighted by Gasteiger charge is 2.21. The van der Waals surface area contributed by atoms with Crippen LogP contribution >= 0.6 is 11.6 Å². The van der Waals surface area contributed by atoms with Crippen molar-refractivity contribution in [2.24, 2.45) is 0 Å². The lowest BCUT2D eigenvalue weighted by atomic mass is 10.2. The molecule has 0 aliphatic rings. The van der Waals surface area contributed by atoms with Crippen molar-refractivity contribution in [2.75, 3.05) is 17.7 Å². The first-order valence-corrected chi connectivity index (χ1v) is 8.67. The lowest BCUT2D eigenvalue weighted by Crippen LogP contribution is -2.18. The number of anilines is 2. The van der Waals surface area contributed by atoms with Gasteiger partial charge in [-0.05, 0) is 36.4 Å². The molecule has 0 unspecified atom stereocenters. The number of carbonyl (C=O) groups excluding carboxylic acids is 3. The number of nitrogens with zero attached hydrogens (tertiary/aromatic N) is 1. The van der Waals surface area contributed by atoms with Crippen molar-refractivity contribution in [1.82, 2.24) is 9.97 Å². The van der Waals surface area contributed by atoms with Crippen LogP contribution in [0.1, 0.15) is 31.3 Å². The number of hydrogen-bond donors (Lipinski definition) is 3. The van der Waals surface area contributed by atoms with Gasteiger partial charge in [-0.2, -0.15) is 0 Å². The van der Waals surface area contributed by atoms with Crippen LogP contribution in [0.4, 0.5) is 20.2 Å². The molecule has 0 saturated carbocycles. The molecule has 1 aromatic heterocycles. The van der Waals surface area contributed by atoms with Crippen LogP contribution in [0, 0.1) is 11.6 Å². The number of hydrogen-bond acceptors (Lipinski definition) is 5. The molecule has 8 nitrogen and oxygen atoms in total. The summed E-state index contributed by atoms with van der Waals surface area (Å²) in [7, 11) is 1.15. The molecule has 3 aromatic rings. The second kappa shape index (κ2) is 8.70. The smallest absolute Gasteiger partial charge is 0.356 e. The molecule has 0 bridgehead atoms. The van der Waals surface area contributed by atoms with E-state index in [9.17, 15) is 23.2 Å². The summed E-state index contributed by atoms with van der Waals surface area (Å²) in [6.07, 6.45) is 1.14. The van der Waals surface area contributed by atoms with Crippen LogP contribution in [0.5, 0.6) is 0 Å². The van der Waals surface area contributed by atoms with E-state index in [2.05, 4.69) is 25.3 Å². The Balaban J connectivity index is 1.74. The molecule has 0 aliphatic heterocycles. The van der Waals surface area contributed by atoms with Crippen molar-refractivity contribution in [3.05, 3.63) is 76.3 Å². The summed E-state index contributed by atoms with van der Waals surface area (Å²) in [5.41, 5.74) is -0.563. The van der Waals surface area contributed by atoms with Crippen LogP contribution in [0.15, 0.2) is 42.7 Å². The quantitative estimate of drug-likeness (QED) is 0.531. The Kier molecular flexibility index (Phi) is 6.07. The van der Waals surface area contributed by atoms with Crippen molar-refractivity contribution < 1.29 is 27.9 Å². The molecule has 154 valence electrons. The van der Waals surface area contributed by atoms with Gasteiger partial charge < -0.3 is 20.4 Å². The van der Waals surface area contributed by atoms with E-state index in [1.54, 1.807) is 0 Å². The first-order chi connectivity index (χ1) is 14.3. The van der Waals surface area contributed by atoms with Gasteiger partial charge in [-0.1, -0.05) is 11.6 Å². The molecule has 0 fully saturated rings. The summed E-state index contributed by atoms with van der Waals surface area (Å²) >= 11 is 5.82. The number of aromatic amines is 1. The number of aromatic nitrogens is 2. The first kappa shape index (κ1) is 20.9. The standard InChI is InChI=1S/C19H13ClF2N4O4/c1-30-19(29)16-15(23-8-24-16)18(28)25-10-3-5-14(13(22)7-10)26-17(27)11-4-2-9(21)6-12(11)20/h2-8H,1H3,(H,23,24)(H,25,28)(H,26,27). The summed E-state index contributed by atoms with van der Waals surface area (Å²) in [4.78, 5) is 42.4. The number of rotatable bonds is 5. The van der Waals surface area contributed by atoms with Gasteiger partial charge in [0.2, 0.25) is 0 Å². The van der Waals surface area contributed by atoms with E-state index in [0.29, 0.717) is 0 Å². The average Bonchev–Trinajstić information content (AvgIpc) is 3.19. The molecule has 0 atom stereocenters. The Labute approximate surface area is 173 Å². The summed E-state index contributed by atoms with van der Waals surface area (Å²) < 4.78 is 32.0. The van der Waals surface area contributed by atoms with Crippen molar-refractivity contribution in [3.8, 4) is 0 Å². The summed E-state index contributed by atoms with van der Waals surface area (Å²) in [6, 6.07) is 6.68. The number of methoxy groups -OCH3 is 1. The van der Waals surface area contributed by atoms with Gasteiger partial charge in [0.25, 0.3) is 11.8 Å². The van der Waals surface area contributed by atoms with Gasteiger partial charge in [-0.3, -0.25) is 9.59 Å². The largest absolute Gasteiger partial charge is 0.464 e. The van der Waals surface area contributed by atoms with Crippen molar-refractivity contribution in [2.45, 2.75) is 0 Å². The summed E-state index contributed by atoms with van der Waals surface area (Å²) in [5.74, 6) is -3.77. The zero-order valence-corrected chi connectivity index (χ0v) is 16.0. The Morgan fingerprint density at radius 2 is 1.83 bits per heavy atom. The van der Waals surface area contributed by atoms with E-state index in [1.165, 1.54) is 18.2 Å². The monoisotopic (exact) mass is 434 g/mol. The SMILES string of the molecule is COC(=O)c1[nH]cnc1C(=O)Nc1ccc(NC(=O)c2ccc(F)cc2Cl)c(F)c1. The van der Waals surface area contributed by atoms with Crippen LogP contribution in [-0.2, 0) is 4.74 Å². The molecule has 3 N–H and O–H groups in total. The third-order valence-corrected chi connectivity index (χ3v) is 4.21. The molecule has 2 amide bonds. The molecular formula is C19H13ClF2N4O4. The fourth-order valence-electron chi connectivity index (χ4n) is 2.47. The minimum atomic E-state index is -0.852.